The first-order valence-corrected chi connectivity index (χ1v) is 6.51. The third-order valence-corrected chi connectivity index (χ3v) is 3.52. The fourth-order valence-corrected chi connectivity index (χ4v) is 2.30. The molecule has 1 amide bonds. The lowest BCUT2D eigenvalue weighted by Gasteiger charge is -2.16. The van der Waals surface area contributed by atoms with E-state index in [1.807, 2.05) is 43.5 Å². The van der Waals surface area contributed by atoms with Crippen LogP contribution in [0.15, 0.2) is 47.2 Å². The zero-order chi connectivity index (χ0) is 14.1. The molecule has 1 aromatic carbocycles. The fourth-order valence-electron chi connectivity index (χ4n) is 2.30. The standard InChI is InChI=1S/C16H16N2O2/c1-11-14(6-8-20-11)10-18(2)16(19)13-4-3-12-5-7-17-15(12)9-13/h3-9,17H,10H2,1-2H3. The van der Waals surface area contributed by atoms with Crippen molar-refractivity contribution in [3.8, 4) is 0 Å². The SMILES string of the molecule is Cc1occc1CN(C)C(=O)c1ccc2cc[nH]c2c1. The number of rotatable bonds is 3. The van der Waals surface area contributed by atoms with Crippen molar-refractivity contribution in [3.05, 3.63) is 59.7 Å². The summed E-state index contributed by atoms with van der Waals surface area (Å²) in [5, 5.41) is 1.11. The maximum atomic E-state index is 12.4. The molecule has 3 rings (SSSR count). The van der Waals surface area contributed by atoms with Gasteiger partial charge in [0.2, 0.25) is 0 Å². The van der Waals surface area contributed by atoms with Crippen molar-refractivity contribution in [2.75, 3.05) is 7.05 Å². The van der Waals surface area contributed by atoms with Crippen LogP contribution in [0.25, 0.3) is 10.9 Å². The van der Waals surface area contributed by atoms with E-state index in [4.69, 9.17) is 4.42 Å². The van der Waals surface area contributed by atoms with Gasteiger partial charge < -0.3 is 14.3 Å². The number of hydrogen-bond acceptors (Lipinski definition) is 2. The highest BCUT2D eigenvalue weighted by molar-refractivity contribution is 5.97. The summed E-state index contributed by atoms with van der Waals surface area (Å²) >= 11 is 0. The Kier molecular flexibility index (Phi) is 3.06. The summed E-state index contributed by atoms with van der Waals surface area (Å²) in [5.74, 6) is 0.853. The average molecular weight is 268 g/mol. The number of nitrogens with zero attached hydrogens (tertiary/aromatic N) is 1. The van der Waals surface area contributed by atoms with Gasteiger partial charge in [-0.3, -0.25) is 4.79 Å². The van der Waals surface area contributed by atoms with Gasteiger partial charge in [0.25, 0.3) is 5.91 Å². The van der Waals surface area contributed by atoms with Crippen LogP contribution < -0.4 is 0 Å². The summed E-state index contributed by atoms with van der Waals surface area (Å²) < 4.78 is 5.26. The Morgan fingerprint density at radius 3 is 2.90 bits per heavy atom. The van der Waals surface area contributed by atoms with Crippen LogP contribution in [0, 0.1) is 6.92 Å². The number of aromatic nitrogens is 1. The molecule has 0 spiro atoms. The molecule has 0 aliphatic carbocycles. The molecule has 2 heterocycles. The van der Waals surface area contributed by atoms with E-state index in [1.165, 1.54) is 0 Å². The number of H-pyrrole nitrogens is 1. The molecule has 4 heteroatoms. The second-order valence-electron chi connectivity index (χ2n) is 4.94. The molecule has 0 atom stereocenters. The number of carbonyl (C=O) groups is 1. The number of aryl methyl sites for hydroxylation is 1. The lowest BCUT2D eigenvalue weighted by molar-refractivity contribution is 0.0785. The van der Waals surface area contributed by atoms with Crippen molar-refractivity contribution in [2.45, 2.75) is 13.5 Å². The third-order valence-electron chi connectivity index (χ3n) is 3.52. The van der Waals surface area contributed by atoms with Gasteiger partial charge in [-0.15, -0.1) is 0 Å². The Hall–Kier alpha value is -2.49. The van der Waals surface area contributed by atoms with Gasteiger partial charge in [0.1, 0.15) is 5.76 Å². The number of fused-ring (bicyclic) bond motifs is 1. The quantitative estimate of drug-likeness (QED) is 0.792. The normalized spacial score (nSPS) is 10.9. The number of hydrogen-bond donors (Lipinski definition) is 1. The van der Waals surface area contributed by atoms with Crippen LogP contribution in [0.2, 0.25) is 0 Å². The summed E-state index contributed by atoms with van der Waals surface area (Å²) in [6.45, 7) is 2.45. The van der Waals surface area contributed by atoms with Crippen molar-refractivity contribution in [1.82, 2.24) is 9.88 Å². The molecular weight excluding hydrogens is 252 g/mol. The Labute approximate surface area is 117 Å². The smallest absolute Gasteiger partial charge is 0.253 e. The average Bonchev–Trinajstić information content (AvgIpc) is 3.06. The summed E-state index contributed by atoms with van der Waals surface area (Å²) in [6, 6.07) is 9.58. The molecule has 0 unspecified atom stereocenters. The molecule has 0 bridgehead atoms. The maximum Gasteiger partial charge on any atom is 0.253 e. The summed E-state index contributed by atoms with van der Waals surface area (Å²) in [6.07, 6.45) is 3.52. The summed E-state index contributed by atoms with van der Waals surface area (Å²) in [7, 11) is 1.80. The Bertz CT molecular complexity index is 755. The lowest BCUT2D eigenvalue weighted by atomic mass is 10.1. The van der Waals surface area contributed by atoms with Crippen molar-refractivity contribution >= 4 is 16.8 Å². The molecule has 3 aromatic rings. The van der Waals surface area contributed by atoms with Gasteiger partial charge in [-0.2, -0.15) is 0 Å². The monoisotopic (exact) mass is 268 g/mol. The zero-order valence-corrected chi connectivity index (χ0v) is 11.5. The van der Waals surface area contributed by atoms with Crippen LogP contribution in [-0.4, -0.2) is 22.8 Å². The van der Waals surface area contributed by atoms with E-state index in [1.54, 1.807) is 18.2 Å². The van der Waals surface area contributed by atoms with Crippen LogP contribution in [0.1, 0.15) is 21.7 Å². The van der Waals surface area contributed by atoms with Gasteiger partial charge >= 0.3 is 0 Å². The number of furan rings is 1. The predicted molar refractivity (Wildman–Crippen MR) is 77.5 cm³/mol. The fraction of sp³-hybridized carbons (Fsp3) is 0.188. The molecule has 4 nitrogen and oxygen atoms in total. The first-order chi connectivity index (χ1) is 9.65. The number of aromatic amines is 1. The number of carbonyl (C=O) groups excluding carboxylic acids is 1. The highest BCUT2D eigenvalue weighted by atomic mass is 16.3. The Balaban J connectivity index is 1.82. The Morgan fingerprint density at radius 1 is 1.30 bits per heavy atom. The van der Waals surface area contributed by atoms with Crippen LogP contribution >= 0.6 is 0 Å². The first-order valence-electron chi connectivity index (χ1n) is 6.51. The van der Waals surface area contributed by atoms with Crippen molar-refractivity contribution in [3.63, 3.8) is 0 Å². The van der Waals surface area contributed by atoms with E-state index < -0.39 is 0 Å². The molecule has 0 aliphatic heterocycles. The molecule has 0 saturated carbocycles. The predicted octanol–water partition coefficient (Wildman–Crippen LogP) is 3.34. The molecule has 102 valence electrons. The van der Waals surface area contributed by atoms with Gasteiger partial charge in [-0.05, 0) is 36.6 Å². The second-order valence-corrected chi connectivity index (χ2v) is 4.94. The third kappa shape index (κ3) is 2.20. The molecule has 2 aromatic heterocycles. The van der Waals surface area contributed by atoms with Gasteiger partial charge in [0.15, 0.2) is 0 Å². The van der Waals surface area contributed by atoms with Crippen LogP contribution in [0.4, 0.5) is 0 Å². The van der Waals surface area contributed by atoms with Gasteiger partial charge in [-0.25, -0.2) is 0 Å². The van der Waals surface area contributed by atoms with Crippen LogP contribution in [-0.2, 0) is 6.54 Å². The van der Waals surface area contributed by atoms with E-state index in [0.717, 1.165) is 22.2 Å². The van der Waals surface area contributed by atoms with Gasteiger partial charge in [-0.1, -0.05) is 6.07 Å². The highest BCUT2D eigenvalue weighted by Gasteiger charge is 2.14. The first kappa shape index (κ1) is 12.5. The van der Waals surface area contributed by atoms with Gasteiger partial charge in [0, 0.05) is 36.4 Å². The van der Waals surface area contributed by atoms with Crippen LogP contribution in [0.5, 0.6) is 0 Å². The van der Waals surface area contributed by atoms with E-state index in [0.29, 0.717) is 12.1 Å². The minimum Gasteiger partial charge on any atom is -0.469 e. The number of benzene rings is 1. The summed E-state index contributed by atoms with van der Waals surface area (Å²) in [4.78, 5) is 17.2. The molecule has 20 heavy (non-hydrogen) atoms. The minimum atomic E-state index is 0.00194. The minimum absolute atomic E-state index is 0.00194. The lowest BCUT2D eigenvalue weighted by Crippen LogP contribution is -2.26. The van der Waals surface area contributed by atoms with E-state index in [9.17, 15) is 4.79 Å². The highest BCUT2D eigenvalue weighted by Crippen LogP contribution is 2.17. The molecule has 0 fully saturated rings. The topological polar surface area (TPSA) is 49.2 Å². The Morgan fingerprint density at radius 2 is 2.15 bits per heavy atom. The van der Waals surface area contributed by atoms with Crippen molar-refractivity contribution in [2.24, 2.45) is 0 Å². The number of amides is 1. The molecular formula is C16H16N2O2. The van der Waals surface area contributed by atoms with E-state index >= 15 is 0 Å². The molecule has 1 N–H and O–H groups in total. The van der Waals surface area contributed by atoms with Crippen LogP contribution in [0.3, 0.4) is 0 Å². The van der Waals surface area contributed by atoms with Crippen molar-refractivity contribution < 1.29 is 9.21 Å². The number of nitrogens with one attached hydrogen (secondary N) is 1. The summed E-state index contributed by atoms with van der Waals surface area (Å²) in [5.41, 5.74) is 2.69. The molecule has 0 saturated heterocycles. The van der Waals surface area contributed by atoms with E-state index in [2.05, 4.69) is 4.98 Å². The molecule has 0 radical (unpaired) electrons. The van der Waals surface area contributed by atoms with Gasteiger partial charge in [0.05, 0.1) is 6.26 Å². The maximum absolute atomic E-state index is 12.4. The zero-order valence-electron chi connectivity index (χ0n) is 11.5. The van der Waals surface area contributed by atoms with Crippen molar-refractivity contribution in [1.29, 1.82) is 0 Å². The van der Waals surface area contributed by atoms with E-state index in [-0.39, 0.29) is 5.91 Å². The second kappa shape index (κ2) is 4.89. The molecule has 0 aliphatic rings. The largest absolute Gasteiger partial charge is 0.469 e.